The number of aryl methyl sites for hydroxylation is 2. The van der Waals surface area contributed by atoms with Crippen molar-refractivity contribution in [3.63, 3.8) is 0 Å². The Kier molecular flexibility index (Phi) is 4.88. The zero-order chi connectivity index (χ0) is 21.1. The Labute approximate surface area is 178 Å². The van der Waals surface area contributed by atoms with Crippen LogP contribution < -0.4 is 5.32 Å². The third kappa shape index (κ3) is 3.52. The molecule has 0 bridgehead atoms. The number of carbonyl (C=O) groups excluding carboxylic acids is 1. The first-order valence-electron chi connectivity index (χ1n) is 9.41. The van der Waals surface area contributed by atoms with Crippen molar-refractivity contribution in [1.29, 1.82) is 0 Å². The number of aliphatic hydroxyl groups is 1. The molecule has 3 aromatic rings. The van der Waals surface area contributed by atoms with Crippen LogP contribution in [0.5, 0.6) is 0 Å². The third-order valence-electron chi connectivity index (χ3n) is 5.39. The van der Waals surface area contributed by atoms with Crippen LogP contribution in [-0.2, 0) is 25.3 Å². The van der Waals surface area contributed by atoms with Crippen LogP contribution in [0.25, 0.3) is 22.2 Å². The van der Waals surface area contributed by atoms with Gasteiger partial charge in [0.1, 0.15) is 5.69 Å². The molecule has 1 aliphatic rings. The summed E-state index contributed by atoms with van der Waals surface area (Å²) in [6.45, 7) is 4.00. The molecular formula is C20H23Cl2N5O2. The van der Waals surface area contributed by atoms with Gasteiger partial charge in [0.15, 0.2) is 0 Å². The molecule has 29 heavy (non-hydrogen) atoms. The maximum atomic E-state index is 12.5. The van der Waals surface area contributed by atoms with Gasteiger partial charge in [-0.15, -0.1) is 0 Å². The molecule has 1 atom stereocenters. The molecule has 1 aromatic carbocycles. The van der Waals surface area contributed by atoms with Crippen LogP contribution in [0.2, 0.25) is 10.0 Å². The number of halogens is 2. The molecule has 2 N–H and O–H groups in total. The summed E-state index contributed by atoms with van der Waals surface area (Å²) in [5.74, 6) is -0.133. The van der Waals surface area contributed by atoms with Gasteiger partial charge in [0.25, 0.3) is 0 Å². The van der Waals surface area contributed by atoms with Crippen LogP contribution in [0.4, 0.5) is 0 Å². The molecule has 4 rings (SSSR count). The molecule has 9 heteroatoms. The smallest absolute Gasteiger partial charge is 0.224 e. The van der Waals surface area contributed by atoms with Gasteiger partial charge in [-0.25, -0.2) is 0 Å². The van der Waals surface area contributed by atoms with E-state index in [2.05, 4.69) is 15.5 Å². The summed E-state index contributed by atoms with van der Waals surface area (Å²) in [5.41, 5.74) is 3.20. The van der Waals surface area contributed by atoms with E-state index in [0.717, 1.165) is 27.7 Å². The van der Waals surface area contributed by atoms with Crippen LogP contribution in [0.1, 0.15) is 37.4 Å². The molecule has 0 saturated carbocycles. The topological polar surface area (TPSA) is 85.0 Å². The summed E-state index contributed by atoms with van der Waals surface area (Å²) in [7, 11) is 3.67. The highest BCUT2D eigenvalue weighted by Crippen LogP contribution is 2.44. The molecule has 2 aromatic heterocycles. The van der Waals surface area contributed by atoms with Gasteiger partial charge in [0.2, 0.25) is 5.91 Å². The van der Waals surface area contributed by atoms with Crippen molar-refractivity contribution in [3.8, 4) is 11.3 Å². The minimum Gasteiger partial charge on any atom is -0.390 e. The second-order valence-electron chi connectivity index (χ2n) is 8.28. The summed E-state index contributed by atoms with van der Waals surface area (Å²) in [6.07, 6.45) is 2.39. The van der Waals surface area contributed by atoms with Crippen molar-refractivity contribution in [3.05, 3.63) is 33.6 Å². The van der Waals surface area contributed by atoms with Crippen molar-refractivity contribution in [2.24, 2.45) is 14.1 Å². The maximum Gasteiger partial charge on any atom is 0.224 e. The summed E-state index contributed by atoms with van der Waals surface area (Å²) in [4.78, 5) is 14.0. The standard InChI is InChI=1S/C20H23Cl2N5O2/c1-20(2,29)7-10-8-23-15(28)6-12-16-11(14-9-24-27(4)25-14)5-13(21)17(22)19(16)26(3)18(10)12/h5,9-10,29H,6-8H2,1-4H3,(H,23,28). The minimum absolute atomic E-state index is 0.0619. The largest absolute Gasteiger partial charge is 0.390 e. The van der Waals surface area contributed by atoms with Crippen LogP contribution in [0.15, 0.2) is 12.3 Å². The van der Waals surface area contributed by atoms with Crippen molar-refractivity contribution in [2.45, 2.75) is 38.2 Å². The summed E-state index contributed by atoms with van der Waals surface area (Å²) >= 11 is 13.1. The number of benzene rings is 1. The molecule has 1 aliphatic heterocycles. The first-order valence-corrected chi connectivity index (χ1v) is 10.2. The number of hydrogen-bond acceptors (Lipinski definition) is 4. The molecule has 1 amide bonds. The average molecular weight is 436 g/mol. The Morgan fingerprint density at radius 1 is 1.34 bits per heavy atom. The van der Waals surface area contributed by atoms with Gasteiger partial charge in [-0.3, -0.25) is 4.79 Å². The number of nitrogens with one attached hydrogen (secondary N) is 1. The van der Waals surface area contributed by atoms with E-state index < -0.39 is 5.60 Å². The van der Waals surface area contributed by atoms with Gasteiger partial charge in [-0.1, -0.05) is 23.2 Å². The highest BCUT2D eigenvalue weighted by molar-refractivity contribution is 6.45. The average Bonchev–Trinajstić information content (AvgIpc) is 3.11. The predicted octanol–water partition coefficient (Wildman–Crippen LogP) is 3.20. The Bertz CT molecular complexity index is 1130. The van der Waals surface area contributed by atoms with Gasteiger partial charge in [-0.2, -0.15) is 15.0 Å². The molecule has 0 aliphatic carbocycles. The molecule has 1 unspecified atom stereocenters. The molecule has 3 heterocycles. The second kappa shape index (κ2) is 7.00. The van der Waals surface area contributed by atoms with Gasteiger partial charge < -0.3 is 15.0 Å². The molecule has 7 nitrogen and oxygen atoms in total. The Morgan fingerprint density at radius 3 is 2.69 bits per heavy atom. The zero-order valence-electron chi connectivity index (χ0n) is 16.8. The molecular weight excluding hydrogens is 413 g/mol. The van der Waals surface area contributed by atoms with E-state index in [0.29, 0.717) is 28.7 Å². The molecule has 0 fully saturated rings. The fourth-order valence-electron chi connectivity index (χ4n) is 4.38. The van der Waals surface area contributed by atoms with Crippen molar-refractivity contribution < 1.29 is 9.90 Å². The normalized spacial score (nSPS) is 17.3. The third-order valence-corrected chi connectivity index (χ3v) is 6.17. The molecule has 0 saturated heterocycles. The van der Waals surface area contributed by atoms with Gasteiger partial charge in [-0.05, 0) is 31.9 Å². The van der Waals surface area contributed by atoms with E-state index in [4.69, 9.17) is 23.2 Å². The summed E-state index contributed by atoms with van der Waals surface area (Å²) < 4.78 is 2.01. The highest BCUT2D eigenvalue weighted by atomic mass is 35.5. The highest BCUT2D eigenvalue weighted by Gasteiger charge is 2.33. The Hall–Kier alpha value is -2.09. The lowest BCUT2D eigenvalue weighted by Crippen LogP contribution is -2.31. The van der Waals surface area contributed by atoms with E-state index in [1.165, 1.54) is 4.80 Å². The SMILES string of the molecule is Cn1ncc(-c2cc(Cl)c(Cl)c3c2c2c(n3C)C(CC(C)(C)O)CNC(=O)C2)n1. The fourth-order valence-corrected chi connectivity index (χ4v) is 4.86. The van der Waals surface area contributed by atoms with E-state index in [-0.39, 0.29) is 18.2 Å². The number of nitrogens with zero attached hydrogens (tertiary/aromatic N) is 4. The lowest BCUT2D eigenvalue weighted by molar-refractivity contribution is -0.120. The van der Waals surface area contributed by atoms with E-state index >= 15 is 0 Å². The summed E-state index contributed by atoms with van der Waals surface area (Å²) in [5, 5.41) is 23.8. The van der Waals surface area contributed by atoms with Crippen molar-refractivity contribution in [1.82, 2.24) is 24.9 Å². The number of hydrogen-bond donors (Lipinski definition) is 2. The van der Waals surface area contributed by atoms with Gasteiger partial charge >= 0.3 is 0 Å². The van der Waals surface area contributed by atoms with Gasteiger partial charge in [0.05, 0.1) is 33.8 Å². The lowest BCUT2D eigenvalue weighted by Gasteiger charge is -2.25. The zero-order valence-corrected chi connectivity index (χ0v) is 18.3. The van der Waals surface area contributed by atoms with Crippen molar-refractivity contribution in [2.75, 3.05) is 6.54 Å². The number of amides is 1. The summed E-state index contributed by atoms with van der Waals surface area (Å²) in [6, 6.07) is 1.78. The lowest BCUT2D eigenvalue weighted by atomic mass is 9.88. The number of aromatic nitrogens is 4. The number of fused-ring (bicyclic) bond motifs is 3. The number of rotatable bonds is 3. The van der Waals surface area contributed by atoms with Gasteiger partial charge in [0, 0.05) is 43.2 Å². The van der Waals surface area contributed by atoms with Crippen molar-refractivity contribution >= 4 is 40.0 Å². The molecule has 154 valence electrons. The quantitative estimate of drug-likeness (QED) is 0.661. The first kappa shape index (κ1) is 20.2. The van der Waals surface area contributed by atoms with Crippen LogP contribution in [-0.4, -0.2) is 42.7 Å². The van der Waals surface area contributed by atoms with Crippen LogP contribution >= 0.6 is 23.2 Å². The fraction of sp³-hybridized carbons (Fsp3) is 0.450. The van der Waals surface area contributed by atoms with E-state index in [1.54, 1.807) is 33.2 Å². The van der Waals surface area contributed by atoms with E-state index in [1.807, 2.05) is 11.6 Å². The second-order valence-corrected chi connectivity index (χ2v) is 9.07. The Balaban J connectivity index is 2.08. The monoisotopic (exact) mass is 435 g/mol. The predicted molar refractivity (Wildman–Crippen MR) is 113 cm³/mol. The molecule has 0 spiro atoms. The van der Waals surface area contributed by atoms with E-state index in [9.17, 15) is 9.90 Å². The maximum absolute atomic E-state index is 12.5. The van der Waals surface area contributed by atoms with Crippen LogP contribution in [0.3, 0.4) is 0 Å². The first-order chi connectivity index (χ1) is 13.6. The van der Waals surface area contributed by atoms with Crippen LogP contribution in [0, 0.1) is 0 Å². The molecule has 0 radical (unpaired) electrons. The number of carbonyl (C=O) groups is 1. The Morgan fingerprint density at radius 2 is 2.07 bits per heavy atom. The minimum atomic E-state index is -0.886.